The topological polar surface area (TPSA) is 111 Å². The molecule has 3 aromatic rings. The Bertz CT molecular complexity index is 1260. The average molecular weight is 453 g/mol. The summed E-state index contributed by atoms with van der Waals surface area (Å²) in [5, 5.41) is 21.8. The van der Waals surface area contributed by atoms with Crippen LogP contribution in [0.3, 0.4) is 0 Å². The molecule has 7 nitrogen and oxygen atoms in total. The SMILES string of the molecule is N#Cc1ccc2c(c1)CCC[C@H]2Nc1ccc(N)c(C(=N)c2ccnc(N3CCOCC3)c2)c1. The summed E-state index contributed by atoms with van der Waals surface area (Å²) in [6.07, 6.45) is 4.83. The Hall–Kier alpha value is -3.89. The maximum Gasteiger partial charge on any atom is 0.129 e. The highest BCUT2D eigenvalue weighted by atomic mass is 16.5. The number of nitriles is 1. The quantitative estimate of drug-likeness (QED) is 0.394. The standard InChI is InChI=1S/C27H28N6O/c28-17-18-4-6-22-19(14-18)2-1-3-25(22)32-21-5-7-24(29)23(16-21)27(30)20-8-9-31-26(15-20)33-10-12-34-13-11-33/h4-9,14-16,25,30,32H,1-3,10-13,29H2/t25-/m1/s1. The van der Waals surface area contributed by atoms with Crippen LogP contribution in [0.1, 0.15) is 46.7 Å². The van der Waals surface area contributed by atoms with Gasteiger partial charge in [-0.15, -0.1) is 0 Å². The number of nitrogen functional groups attached to an aromatic ring is 1. The molecule has 34 heavy (non-hydrogen) atoms. The first-order valence-corrected chi connectivity index (χ1v) is 11.7. The minimum atomic E-state index is 0.163. The minimum Gasteiger partial charge on any atom is -0.398 e. The molecule has 0 amide bonds. The van der Waals surface area contributed by atoms with Gasteiger partial charge in [-0.1, -0.05) is 6.07 Å². The third-order valence-electron chi connectivity index (χ3n) is 6.62. The number of nitrogens with one attached hydrogen (secondary N) is 2. The first-order chi connectivity index (χ1) is 16.6. The van der Waals surface area contributed by atoms with E-state index in [1.165, 1.54) is 11.1 Å². The normalized spacial score (nSPS) is 17.5. The maximum absolute atomic E-state index is 9.22. The molecule has 1 saturated heterocycles. The molecule has 1 aliphatic carbocycles. The molecule has 5 rings (SSSR count). The summed E-state index contributed by atoms with van der Waals surface area (Å²) in [7, 11) is 0. The number of rotatable bonds is 5. The number of hydrogen-bond acceptors (Lipinski definition) is 7. The number of aromatic nitrogens is 1. The van der Waals surface area contributed by atoms with Crippen LogP contribution in [0.5, 0.6) is 0 Å². The predicted molar refractivity (Wildman–Crippen MR) is 135 cm³/mol. The molecule has 0 saturated carbocycles. The molecule has 0 radical (unpaired) electrons. The fraction of sp³-hybridized carbons (Fsp3) is 0.296. The maximum atomic E-state index is 9.22. The molecule has 0 unspecified atom stereocenters. The van der Waals surface area contributed by atoms with E-state index in [0.29, 0.717) is 35.7 Å². The number of pyridine rings is 1. The number of anilines is 3. The van der Waals surface area contributed by atoms with E-state index >= 15 is 0 Å². The van der Waals surface area contributed by atoms with Crippen LogP contribution in [0, 0.1) is 16.7 Å². The summed E-state index contributed by atoms with van der Waals surface area (Å²) < 4.78 is 5.44. The van der Waals surface area contributed by atoms with Crippen LogP contribution < -0.4 is 16.0 Å². The molecule has 0 spiro atoms. The second kappa shape index (κ2) is 9.54. The van der Waals surface area contributed by atoms with Gasteiger partial charge in [0.1, 0.15) is 5.82 Å². The molecule has 172 valence electrons. The molecule has 1 atom stereocenters. The summed E-state index contributed by atoms with van der Waals surface area (Å²) in [5.74, 6) is 0.856. The van der Waals surface area contributed by atoms with E-state index in [1.807, 2.05) is 42.5 Å². The average Bonchev–Trinajstić information content (AvgIpc) is 2.90. The zero-order chi connectivity index (χ0) is 23.5. The highest BCUT2D eigenvalue weighted by Gasteiger charge is 2.21. The Labute approximate surface area is 199 Å². The Morgan fingerprint density at radius 3 is 2.82 bits per heavy atom. The Balaban J connectivity index is 1.39. The van der Waals surface area contributed by atoms with Crippen LogP contribution in [0.25, 0.3) is 0 Å². The molecule has 4 N–H and O–H groups in total. The van der Waals surface area contributed by atoms with Crippen molar-refractivity contribution in [3.8, 4) is 6.07 Å². The lowest BCUT2D eigenvalue weighted by molar-refractivity contribution is 0.122. The Kier molecular flexibility index (Phi) is 6.15. The molecule has 1 aromatic heterocycles. The molecule has 1 fully saturated rings. The Morgan fingerprint density at radius 1 is 1.15 bits per heavy atom. The van der Waals surface area contributed by atoms with Gasteiger partial charge < -0.3 is 20.7 Å². The number of fused-ring (bicyclic) bond motifs is 1. The monoisotopic (exact) mass is 452 g/mol. The summed E-state index contributed by atoms with van der Waals surface area (Å²) in [6.45, 7) is 2.96. The first kappa shape index (κ1) is 21.9. The van der Waals surface area contributed by atoms with E-state index in [4.69, 9.17) is 15.9 Å². The predicted octanol–water partition coefficient (Wildman–Crippen LogP) is 4.28. The van der Waals surface area contributed by atoms with Crippen molar-refractivity contribution in [1.29, 1.82) is 10.7 Å². The molecular formula is C27H28N6O. The molecule has 0 bridgehead atoms. The van der Waals surface area contributed by atoms with Crippen molar-refractivity contribution in [2.24, 2.45) is 0 Å². The van der Waals surface area contributed by atoms with Gasteiger partial charge in [0, 0.05) is 41.8 Å². The summed E-state index contributed by atoms with van der Waals surface area (Å²) in [4.78, 5) is 6.68. The smallest absolute Gasteiger partial charge is 0.129 e. The zero-order valence-corrected chi connectivity index (χ0v) is 19.1. The van der Waals surface area contributed by atoms with Crippen molar-refractivity contribution in [2.75, 3.05) is 42.3 Å². The molecular weight excluding hydrogens is 424 g/mol. The second-order valence-electron chi connectivity index (χ2n) is 8.79. The molecule has 2 heterocycles. The van der Waals surface area contributed by atoms with Crippen molar-refractivity contribution in [3.05, 3.63) is 82.5 Å². The highest BCUT2D eigenvalue weighted by molar-refractivity contribution is 6.14. The van der Waals surface area contributed by atoms with E-state index in [0.717, 1.165) is 49.4 Å². The van der Waals surface area contributed by atoms with Gasteiger partial charge in [-0.2, -0.15) is 5.26 Å². The van der Waals surface area contributed by atoms with Gasteiger partial charge in [0.05, 0.1) is 36.6 Å². The van der Waals surface area contributed by atoms with Gasteiger partial charge in [-0.25, -0.2) is 4.98 Å². The van der Waals surface area contributed by atoms with Crippen molar-refractivity contribution >= 4 is 22.9 Å². The lowest BCUT2D eigenvalue weighted by Crippen LogP contribution is -2.36. The van der Waals surface area contributed by atoms with Crippen LogP contribution in [-0.4, -0.2) is 37.0 Å². The van der Waals surface area contributed by atoms with Gasteiger partial charge in [-0.05, 0) is 72.9 Å². The van der Waals surface area contributed by atoms with Crippen molar-refractivity contribution < 1.29 is 4.74 Å². The van der Waals surface area contributed by atoms with E-state index in [2.05, 4.69) is 27.3 Å². The fourth-order valence-electron chi connectivity index (χ4n) is 4.79. The zero-order valence-electron chi connectivity index (χ0n) is 19.1. The molecule has 7 heteroatoms. The third kappa shape index (κ3) is 4.45. The van der Waals surface area contributed by atoms with Crippen LogP contribution >= 0.6 is 0 Å². The minimum absolute atomic E-state index is 0.163. The number of ether oxygens (including phenoxy) is 1. The van der Waals surface area contributed by atoms with E-state index in [1.54, 1.807) is 6.20 Å². The van der Waals surface area contributed by atoms with E-state index < -0.39 is 0 Å². The van der Waals surface area contributed by atoms with Crippen LogP contribution in [0.15, 0.2) is 54.7 Å². The number of morpholine rings is 1. The molecule has 2 aromatic carbocycles. The van der Waals surface area contributed by atoms with Crippen LogP contribution in [0.4, 0.5) is 17.2 Å². The number of aryl methyl sites for hydroxylation is 1. The number of hydrogen-bond donors (Lipinski definition) is 3. The van der Waals surface area contributed by atoms with Crippen LogP contribution in [0.2, 0.25) is 0 Å². The summed E-state index contributed by atoms with van der Waals surface area (Å²) in [5.41, 5.74) is 12.8. The second-order valence-corrected chi connectivity index (χ2v) is 8.79. The van der Waals surface area contributed by atoms with Crippen molar-refractivity contribution in [1.82, 2.24) is 4.98 Å². The summed E-state index contributed by atoms with van der Waals surface area (Å²) >= 11 is 0. The third-order valence-corrected chi connectivity index (χ3v) is 6.62. The fourth-order valence-corrected chi connectivity index (χ4v) is 4.79. The largest absolute Gasteiger partial charge is 0.398 e. The molecule has 1 aliphatic heterocycles. The lowest BCUT2D eigenvalue weighted by atomic mass is 9.86. The van der Waals surface area contributed by atoms with Crippen LogP contribution in [-0.2, 0) is 11.2 Å². The van der Waals surface area contributed by atoms with Gasteiger partial charge in [0.25, 0.3) is 0 Å². The Morgan fingerprint density at radius 2 is 2.00 bits per heavy atom. The number of benzene rings is 2. The first-order valence-electron chi connectivity index (χ1n) is 11.7. The number of nitrogens with two attached hydrogens (primary N) is 1. The van der Waals surface area contributed by atoms with Crippen molar-refractivity contribution in [3.63, 3.8) is 0 Å². The molecule has 2 aliphatic rings. The van der Waals surface area contributed by atoms with Gasteiger partial charge in [0.2, 0.25) is 0 Å². The summed E-state index contributed by atoms with van der Waals surface area (Å²) in [6, 6.07) is 18.0. The number of nitrogens with zero attached hydrogens (tertiary/aromatic N) is 3. The van der Waals surface area contributed by atoms with Gasteiger partial charge in [-0.3, -0.25) is 5.41 Å². The van der Waals surface area contributed by atoms with E-state index in [9.17, 15) is 5.26 Å². The van der Waals surface area contributed by atoms with Gasteiger partial charge >= 0.3 is 0 Å². The van der Waals surface area contributed by atoms with E-state index in [-0.39, 0.29) is 6.04 Å². The van der Waals surface area contributed by atoms with Crippen molar-refractivity contribution in [2.45, 2.75) is 25.3 Å². The van der Waals surface area contributed by atoms with Gasteiger partial charge in [0.15, 0.2) is 0 Å². The lowest BCUT2D eigenvalue weighted by Gasteiger charge is -2.28. The highest BCUT2D eigenvalue weighted by Crippen LogP contribution is 2.34.